The molecule has 1 aromatic carbocycles. The van der Waals surface area contributed by atoms with E-state index in [-0.39, 0.29) is 24.0 Å². The lowest BCUT2D eigenvalue weighted by molar-refractivity contribution is 0.474. The van der Waals surface area contributed by atoms with E-state index in [9.17, 15) is 5.11 Å². The average Bonchev–Trinajstić information content (AvgIpc) is 2.46. The molecule has 0 aliphatic rings. The van der Waals surface area contributed by atoms with Gasteiger partial charge in [-0.05, 0) is 30.5 Å². The number of aliphatic imine (C=N–C) groups is 1. The number of nitrogens with zero attached hydrogens (tertiary/aromatic N) is 1. The molecule has 0 aromatic heterocycles. The fraction of sp³-hybridized carbons (Fsp3) is 0.588. The molecule has 0 heterocycles. The number of rotatable bonds is 10. The van der Waals surface area contributed by atoms with E-state index in [4.69, 9.17) is 5.73 Å². The molecule has 126 valence electrons. The second-order valence-corrected chi connectivity index (χ2v) is 5.38. The minimum Gasteiger partial charge on any atom is -0.508 e. The second-order valence-electron chi connectivity index (χ2n) is 5.38. The van der Waals surface area contributed by atoms with Crippen molar-refractivity contribution in [3.05, 3.63) is 29.8 Å². The standard InChI is InChI=1S/C17H29N3O.HI/c1-2-3-4-5-6-7-12-19-17(18)20-13-11-15-9-8-10-16(21)14-15;/h8-10,14,21H,2-7,11-13H2,1H3,(H3,18,19,20);1H. The molecule has 0 unspecified atom stereocenters. The quantitative estimate of drug-likeness (QED) is 0.234. The summed E-state index contributed by atoms with van der Waals surface area (Å²) in [6.45, 7) is 3.76. The lowest BCUT2D eigenvalue weighted by Crippen LogP contribution is -2.33. The molecule has 4 N–H and O–H groups in total. The highest BCUT2D eigenvalue weighted by atomic mass is 127. The van der Waals surface area contributed by atoms with Gasteiger partial charge in [0, 0.05) is 13.1 Å². The third-order valence-corrected chi connectivity index (χ3v) is 3.42. The van der Waals surface area contributed by atoms with Crippen LogP contribution in [0, 0.1) is 0 Å². The predicted octanol–water partition coefficient (Wildman–Crippen LogP) is 3.82. The van der Waals surface area contributed by atoms with Crippen molar-refractivity contribution in [2.45, 2.75) is 51.9 Å². The Bertz CT molecular complexity index is 424. The molecule has 5 heteroatoms. The molecule has 0 aliphatic carbocycles. The number of benzene rings is 1. The Morgan fingerprint density at radius 3 is 2.64 bits per heavy atom. The van der Waals surface area contributed by atoms with Crippen LogP contribution in [0.4, 0.5) is 0 Å². The predicted molar refractivity (Wildman–Crippen MR) is 105 cm³/mol. The first-order chi connectivity index (χ1) is 10.2. The molecule has 1 rings (SSSR count). The Hall–Kier alpha value is -0.980. The Kier molecular flexibility index (Phi) is 13.1. The topological polar surface area (TPSA) is 70.6 Å². The molecule has 0 saturated heterocycles. The molecule has 0 atom stereocenters. The SMILES string of the molecule is CCCCCCCCN=C(N)NCCc1cccc(O)c1.I. The summed E-state index contributed by atoms with van der Waals surface area (Å²) >= 11 is 0. The number of nitrogens with two attached hydrogens (primary N) is 1. The molecule has 0 saturated carbocycles. The van der Waals surface area contributed by atoms with Crippen molar-refractivity contribution < 1.29 is 5.11 Å². The summed E-state index contributed by atoms with van der Waals surface area (Å²) < 4.78 is 0. The van der Waals surface area contributed by atoms with Gasteiger partial charge in [0.25, 0.3) is 0 Å². The summed E-state index contributed by atoms with van der Waals surface area (Å²) in [7, 11) is 0. The highest BCUT2D eigenvalue weighted by Gasteiger charge is 1.96. The number of aromatic hydroxyl groups is 1. The highest BCUT2D eigenvalue weighted by Crippen LogP contribution is 2.10. The minimum atomic E-state index is 0. The van der Waals surface area contributed by atoms with E-state index in [2.05, 4.69) is 17.2 Å². The van der Waals surface area contributed by atoms with Crippen molar-refractivity contribution in [3.8, 4) is 5.75 Å². The van der Waals surface area contributed by atoms with Crippen LogP contribution < -0.4 is 11.1 Å². The summed E-state index contributed by atoms with van der Waals surface area (Å²) in [5, 5.41) is 12.5. The van der Waals surface area contributed by atoms with Crippen molar-refractivity contribution >= 4 is 29.9 Å². The van der Waals surface area contributed by atoms with Crippen molar-refractivity contribution in [1.29, 1.82) is 0 Å². The van der Waals surface area contributed by atoms with Crippen LogP contribution in [0.15, 0.2) is 29.3 Å². The van der Waals surface area contributed by atoms with Gasteiger partial charge in [0.15, 0.2) is 5.96 Å². The number of phenolic OH excluding ortho intramolecular Hbond substituents is 1. The van der Waals surface area contributed by atoms with Gasteiger partial charge in [0.1, 0.15) is 5.75 Å². The van der Waals surface area contributed by atoms with Gasteiger partial charge in [-0.1, -0.05) is 51.2 Å². The van der Waals surface area contributed by atoms with E-state index in [0.717, 1.165) is 31.5 Å². The lowest BCUT2D eigenvalue weighted by Gasteiger charge is -2.06. The maximum absolute atomic E-state index is 9.37. The fourth-order valence-corrected chi connectivity index (χ4v) is 2.19. The Morgan fingerprint density at radius 2 is 1.91 bits per heavy atom. The van der Waals surface area contributed by atoms with E-state index in [1.807, 2.05) is 12.1 Å². The first-order valence-electron chi connectivity index (χ1n) is 8.04. The van der Waals surface area contributed by atoms with E-state index >= 15 is 0 Å². The minimum absolute atomic E-state index is 0. The van der Waals surface area contributed by atoms with Crippen LogP contribution in [-0.2, 0) is 6.42 Å². The summed E-state index contributed by atoms with van der Waals surface area (Å²) in [6, 6.07) is 7.28. The molecule has 1 aromatic rings. The number of guanidine groups is 1. The van der Waals surface area contributed by atoms with Crippen LogP contribution in [0.5, 0.6) is 5.75 Å². The molecule has 0 fully saturated rings. The van der Waals surface area contributed by atoms with Crippen LogP contribution in [0.2, 0.25) is 0 Å². The number of hydrogen-bond donors (Lipinski definition) is 3. The number of phenols is 1. The summed E-state index contributed by atoms with van der Waals surface area (Å²) in [6.07, 6.45) is 8.42. The monoisotopic (exact) mass is 419 g/mol. The normalized spacial score (nSPS) is 11.0. The van der Waals surface area contributed by atoms with Crippen molar-refractivity contribution in [3.63, 3.8) is 0 Å². The van der Waals surface area contributed by atoms with Gasteiger partial charge in [-0.3, -0.25) is 4.99 Å². The highest BCUT2D eigenvalue weighted by molar-refractivity contribution is 14.0. The molecule has 0 amide bonds. The van der Waals surface area contributed by atoms with Gasteiger partial charge in [-0.15, -0.1) is 24.0 Å². The molecule has 0 aliphatic heterocycles. The number of nitrogens with one attached hydrogen (secondary N) is 1. The van der Waals surface area contributed by atoms with Gasteiger partial charge in [-0.25, -0.2) is 0 Å². The Balaban J connectivity index is 0.00000441. The zero-order valence-corrected chi connectivity index (χ0v) is 15.9. The molecule has 0 spiro atoms. The van der Waals surface area contributed by atoms with Crippen LogP contribution in [-0.4, -0.2) is 24.2 Å². The number of halogens is 1. The lowest BCUT2D eigenvalue weighted by atomic mass is 10.1. The van der Waals surface area contributed by atoms with Crippen molar-refractivity contribution in [1.82, 2.24) is 5.32 Å². The average molecular weight is 419 g/mol. The third kappa shape index (κ3) is 10.7. The van der Waals surface area contributed by atoms with Gasteiger partial charge >= 0.3 is 0 Å². The van der Waals surface area contributed by atoms with E-state index in [0.29, 0.717) is 11.7 Å². The summed E-state index contributed by atoms with van der Waals surface area (Å²) in [5.74, 6) is 0.820. The van der Waals surface area contributed by atoms with Crippen LogP contribution in [0.25, 0.3) is 0 Å². The van der Waals surface area contributed by atoms with Gasteiger partial charge in [0.05, 0.1) is 0 Å². The zero-order valence-electron chi connectivity index (χ0n) is 13.6. The summed E-state index contributed by atoms with van der Waals surface area (Å²) in [4.78, 5) is 4.32. The van der Waals surface area contributed by atoms with Crippen LogP contribution >= 0.6 is 24.0 Å². The zero-order chi connectivity index (χ0) is 15.3. The van der Waals surface area contributed by atoms with Crippen molar-refractivity contribution in [2.75, 3.05) is 13.1 Å². The third-order valence-electron chi connectivity index (χ3n) is 3.42. The largest absolute Gasteiger partial charge is 0.508 e. The Morgan fingerprint density at radius 1 is 1.18 bits per heavy atom. The van der Waals surface area contributed by atoms with Gasteiger partial charge in [0.2, 0.25) is 0 Å². The number of unbranched alkanes of at least 4 members (excludes halogenated alkanes) is 5. The smallest absolute Gasteiger partial charge is 0.188 e. The van der Waals surface area contributed by atoms with Crippen molar-refractivity contribution in [2.24, 2.45) is 10.7 Å². The molecule has 4 nitrogen and oxygen atoms in total. The maximum atomic E-state index is 9.37. The second kappa shape index (κ2) is 13.7. The molecular formula is C17H30IN3O. The van der Waals surface area contributed by atoms with E-state index in [1.54, 1.807) is 12.1 Å². The first kappa shape index (κ1) is 21.0. The molecular weight excluding hydrogens is 389 g/mol. The van der Waals surface area contributed by atoms with Gasteiger partial charge in [-0.2, -0.15) is 0 Å². The van der Waals surface area contributed by atoms with Gasteiger partial charge < -0.3 is 16.2 Å². The summed E-state index contributed by atoms with van der Waals surface area (Å²) in [5.41, 5.74) is 6.91. The first-order valence-corrected chi connectivity index (χ1v) is 8.04. The molecule has 0 radical (unpaired) electrons. The fourth-order valence-electron chi connectivity index (χ4n) is 2.19. The van der Waals surface area contributed by atoms with Crippen LogP contribution in [0.1, 0.15) is 51.0 Å². The Labute approximate surface area is 151 Å². The number of hydrogen-bond acceptors (Lipinski definition) is 2. The molecule has 22 heavy (non-hydrogen) atoms. The van der Waals surface area contributed by atoms with Crippen LogP contribution in [0.3, 0.4) is 0 Å². The molecule has 0 bridgehead atoms. The maximum Gasteiger partial charge on any atom is 0.188 e. The van der Waals surface area contributed by atoms with E-state index < -0.39 is 0 Å². The van der Waals surface area contributed by atoms with E-state index in [1.165, 1.54) is 32.1 Å².